The molecule has 0 spiro atoms. The van der Waals surface area contributed by atoms with Gasteiger partial charge < -0.3 is 19.1 Å². The van der Waals surface area contributed by atoms with Crippen molar-refractivity contribution < 1.29 is 14.3 Å². The monoisotopic (exact) mass is 482 g/mol. The van der Waals surface area contributed by atoms with Crippen LogP contribution in [-0.2, 0) is 16.1 Å². The normalized spacial score (nSPS) is 15.6. The fourth-order valence-electron chi connectivity index (χ4n) is 5.07. The summed E-state index contributed by atoms with van der Waals surface area (Å²) in [6, 6.07) is 25.1. The Bertz CT molecular complexity index is 1400. The maximum atomic E-state index is 13.7. The Morgan fingerprint density at radius 2 is 1.72 bits per heavy atom. The molecule has 0 radical (unpaired) electrons. The third-order valence-corrected chi connectivity index (χ3v) is 6.66. The fraction of sp³-hybridized carbons (Fsp3) is 0.276. The smallest absolute Gasteiger partial charge is 0.247 e. The summed E-state index contributed by atoms with van der Waals surface area (Å²) >= 11 is 0. The van der Waals surface area contributed by atoms with Gasteiger partial charge in [-0.2, -0.15) is 0 Å². The third kappa shape index (κ3) is 4.33. The van der Waals surface area contributed by atoms with E-state index < -0.39 is 0 Å². The summed E-state index contributed by atoms with van der Waals surface area (Å²) in [6.07, 6.45) is 0.322. The summed E-state index contributed by atoms with van der Waals surface area (Å²) in [5.41, 5.74) is 3.32. The van der Waals surface area contributed by atoms with E-state index in [0.29, 0.717) is 18.7 Å². The van der Waals surface area contributed by atoms with Crippen molar-refractivity contribution in [3.8, 4) is 5.75 Å². The van der Waals surface area contributed by atoms with E-state index in [9.17, 15) is 9.59 Å². The number of rotatable bonds is 7. The summed E-state index contributed by atoms with van der Waals surface area (Å²) in [5, 5.41) is 0. The van der Waals surface area contributed by atoms with Crippen LogP contribution in [0, 0.1) is 0 Å². The summed E-state index contributed by atoms with van der Waals surface area (Å²) in [6.45, 7) is 4.64. The Morgan fingerprint density at radius 1 is 1.03 bits per heavy atom. The number of para-hydroxylation sites is 5. The van der Waals surface area contributed by atoms with Crippen molar-refractivity contribution >= 4 is 34.2 Å². The number of aromatic nitrogens is 2. The van der Waals surface area contributed by atoms with Gasteiger partial charge in [0, 0.05) is 30.6 Å². The van der Waals surface area contributed by atoms with E-state index in [2.05, 4.69) is 0 Å². The first-order chi connectivity index (χ1) is 17.5. The van der Waals surface area contributed by atoms with Crippen LogP contribution in [0.25, 0.3) is 11.0 Å². The molecule has 0 aliphatic carbocycles. The quantitative estimate of drug-likeness (QED) is 0.372. The number of carbonyl (C=O) groups is 2. The number of anilines is 2. The van der Waals surface area contributed by atoms with Gasteiger partial charge in [-0.05, 0) is 50.2 Å². The van der Waals surface area contributed by atoms with Crippen molar-refractivity contribution in [2.75, 3.05) is 23.5 Å². The molecule has 7 heteroatoms. The molecule has 0 N–H and O–H groups in total. The van der Waals surface area contributed by atoms with Crippen molar-refractivity contribution in [3.63, 3.8) is 0 Å². The minimum absolute atomic E-state index is 0.00719. The molecule has 1 fully saturated rings. The van der Waals surface area contributed by atoms with E-state index in [1.54, 1.807) is 12.0 Å². The molecular weight excluding hydrogens is 452 g/mol. The van der Waals surface area contributed by atoms with Crippen molar-refractivity contribution in [2.24, 2.45) is 0 Å². The first-order valence-corrected chi connectivity index (χ1v) is 12.2. The third-order valence-electron chi connectivity index (χ3n) is 6.66. The maximum Gasteiger partial charge on any atom is 0.247 e. The summed E-state index contributed by atoms with van der Waals surface area (Å²) < 4.78 is 7.48. The number of ether oxygens (including phenoxy) is 1. The van der Waals surface area contributed by atoms with E-state index in [1.165, 1.54) is 0 Å². The molecule has 2 amide bonds. The predicted octanol–water partition coefficient (Wildman–Crippen LogP) is 5.01. The zero-order valence-electron chi connectivity index (χ0n) is 20.8. The Labute approximate surface area is 210 Å². The molecule has 184 valence electrons. The average molecular weight is 483 g/mol. The second-order valence-electron chi connectivity index (χ2n) is 9.32. The Balaban J connectivity index is 1.50. The zero-order valence-corrected chi connectivity index (χ0v) is 20.8. The van der Waals surface area contributed by atoms with Gasteiger partial charge in [0.05, 0.1) is 23.8 Å². The first kappa shape index (κ1) is 23.6. The van der Waals surface area contributed by atoms with Crippen LogP contribution in [0.15, 0.2) is 78.9 Å². The van der Waals surface area contributed by atoms with E-state index in [4.69, 9.17) is 9.72 Å². The molecule has 7 nitrogen and oxygen atoms in total. The number of nitrogens with zero attached hydrogens (tertiary/aromatic N) is 4. The minimum atomic E-state index is -0.146. The van der Waals surface area contributed by atoms with Gasteiger partial charge in [0.2, 0.25) is 11.8 Å². The molecule has 36 heavy (non-hydrogen) atoms. The molecule has 2 heterocycles. The van der Waals surface area contributed by atoms with Crippen LogP contribution >= 0.6 is 0 Å². The predicted molar refractivity (Wildman–Crippen MR) is 142 cm³/mol. The van der Waals surface area contributed by atoms with Gasteiger partial charge in [-0.15, -0.1) is 0 Å². The summed E-state index contributed by atoms with van der Waals surface area (Å²) in [5.74, 6) is 1.26. The highest BCUT2D eigenvalue weighted by Crippen LogP contribution is 2.37. The number of imidazole rings is 1. The molecule has 3 aromatic carbocycles. The second kappa shape index (κ2) is 9.85. The Hall–Kier alpha value is -4.13. The molecule has 0 bridgehead atoms. The largest absolute Gasteiger partial charge is 0.495 e. The molecule has 1 aliphatic heterocycles. The van der Waals surface area contributed by atoms with Crippen LogP contribution in [0.3, 0.4) is 0 Å². The number of hydrogen-bond donors (Lipinski definition) is 0. The van der Waals surface area contributed by atoms with Gasteiger partial charge in [-0.1, -0.05) is 42.5 Å². The van der Waals surface area contributed by atoms with Crippen LogP contribution in [0.2, 0.25) is 0 Å². The number of methoxy groups -OCH3 is 1. The molecule has 1 aliphatic rings. The minimum Gasteiger partial charge on any atom is -0.495 e. The molecule has 0 unspecified atom stereocenters. The highest BCUT2D eigenvalue weighted by molar-refractivity contribution is 5.98. The molecule has 0 saturated carbocycles. The summed E-state index contributed by atoms with van der Waals surface area (Å²) in [4.78, 5) is 35.3. The second-order valence-corrected chi connectivity index (χ2v) is 9.32. The lowest BCUT2D eigenvalue weighted by atomic mass is 10.1. The lowest BCUT2D eigenvalue weighted by Crippen LogP contribution is -2.39. The number of hydrogen-bond acceptors (Lipinski definition) is 4. The van der Waals surface area contributed by atoms with Crippen LogP contribution in [0.1, 0.15) is 32.0 Å². The molecule has 1 saturated heterocycles. The van der Waals surface area contributed by atoms with Crippen LogP contribution in [0.5, 0.6) is 5.75 Å². The van der Waals surface area contributed by atoms with Gasteiger partial charge in [0.25, 0.3) is 0 Å². The van der Waals surface area contributed by atoms with Gasteiger partial charge >= 0.3 is 0 Å². The molecule has 5 rings (SSSR count). The van der Waals surface area contributed by atoms with Crippen molar-refractivity contribution in [1.29, 1.82) is 0 Å². The fourth-order valence-corrected chi connectivity index (χ4v) is 5.07. The average Bonchev–Trinajstić information content (AvgIpc) is 3.45. The number of benzene rings is 3. The standard InChI is InChI=1S/C29H30N4O3/c1-20(2)33(22-11-5-4-6-12-22)28(35)19-32-24-14-8-7-13-23(24)30-29(32)21-17-27(34)31(18-21)25-15-9-10-16-26(25)36-3/h4-16,20-21H,17-19H2,1-3H3/t21-/m0/s1. The summed E-state index contributed by atoms with van der Waals surface area (Å²) in [7, 11) is 1.61. The van der Waals surface area contributed by atoms with Crippen molar-refractivity contribution in [2.45, 2.75) is 38.8 Å². The molecular formula is C29H30N4O3. The lowest BCUT2D eigenvalue weighted by Gasteiger charge is -2.28. The first-order valence-electron chi connectivity index (χ1n) is 12.2. The SMILES string of the molecule is COc1ccccc1N1C[C@@H](c2nc3ccccc3n2CC(=O)N(c2ccccc2)C(C)C)CC1=O. The lowest BCUT2D eigenvalue weighted by molar-refractivity contribution is -0.119. The van der Waals surface area contributed by atoms with E-state index in [1.807, 2.05) is 102 Å². The van der Waals surface area contributed by atoms with Gasteiger partial charge in [-0.3, -0.25) is 9.59 Å². The highest BCUT2D eigenvalue weighted by Gasteiger charge is 2.36. The Morgan fingerprint density at radius 3 is 2.47 bits per heavy atom. The van der Waals surface area contributed by atoms with E-state index in [0.717, 1.165) is 28.2 Å². The van der Waals surface area contributed by atoms with Crippen LogP contribution in [-0.4, -0.2) is 41.1 Å². The van der Waals surface area contributed by atoms with Crippen molar-refractivity contribution in [3.05, 3.63) is 84.7 Å². The topological polar surface area (TPSA) is 67.7 Å². The zero-order chi connectivity index (χ0) is 25.2. The molecule has 1 aromatic heterocycles. The van der Waals surface area contributed by atoms with Gasteiger partial charge in [0.15, 0.2) is 0 Å². The highest BCUT2D eigenvalue weighted by atomic mass is 16.5. The van der Waals surface area contributed by atoms with E-state index in [-0.39, 0.29) is 30.3 Å². The van der Waals surface area contributed by atoms with Crippen LogP contribution < -0.4 is 14.5 Å². The maximum absolute atomic E-state index is 13.7. The van der Waals surface area contributed by atoms with Gasteiger partial charge in [0.1, 0.15) is 18.1 Å². The van der Waals surface area contributed by atoms with Crippen molar-refractivity contribution in [1.82, 2.24) is 9.55 Å². The number of amides is 2. The van der Waals surface area contributed by atoms with Crippen LogP contribution in [0.4, 0.5) is 11.4 Å². The number of carbonyl (C=O) groups excluding carboxylic acids is 2. The number of fused-ring (bicyclic) bond motifs is 1. The van der Waals surface area contributed by atoms with Gasteiger partial charge in [-0.25, -0.2) is 4.98 Å². The van der Waals surface area contributed by atoms with E-state index >= 15 is 0 Å². The Kier molecular flexibility index (Phi) is 6.46. The molecule has 4 aromatic rings. The molecule has 1 atom stereocenters.